The highest BCUT2D eigenvalue weighted by Crippen LogP contribution is 2.25. The molecule has 1 aromatic carbocycles. The Morgan fingerprint density at radius 3 is 2.14 bits per heavy atom. The van der Waals surface area contributed by atoms with Crippen LogP contribution in [0.1, 0.15) is 49.5 Å². The third-order valence-electron chi connectivity index (χ3n) is 2.46. The van der Waals surface area contributed by atoms with Crippen molar-refractivity contribution in [1.29, 1.82) is 0 Å². The van der Waals surface area contributed by atoms with Crippen LogP contribution in [0.4, 0.5) is 4.39 Å². The van der Waals surface area contributed by atoms with Gasteiger partial charge in [-0.3, -0.25) is 0 Å². The van der Waals surface area contributed by atoms with Gasteiger partial charge >= 0.3 is 0 Å². The lowest BCUT2D eigenvalue weighted by atomic mass is 9.95. The van der Waals surface area contributed by atoms with E-state index in [-0.39, 0.29) is 11.7 Å². The maximum absolute atomic E-state index is 13.5. The van der Waals surface area contributed by atoms with Gasteiger partial charge in [-0.25, -0.2) is 4.39 Å². The Labute approximate surface area is 84.6 Å². The van der Waals surface area contributed by atoms with E-state index in [1.54, 1.807) is 13.0 Å². The van der Waals surface area contributed by atoms with E-state index in [1.807, 2.05) is 20.8 Å². The summed E-state index contributed by atoms with van der Waals surface area (Å²) < 4.78 is 13.5. The molecule has 0 amide bonds. The van der Waals surface area contributed by atoms with Crippen molar-refractivity contribution >= 4 is 0 Å². The van der Waals surface area contributed by atoms with Gasteiger partial charge < -0.3 is 5.11 Å². The smallest absolute Gasteiger partial charge is 0.126 e. The predicted molar refractivity (Wildman–Crippen MR) is 55.9 cm³/mol. The van der Waals surface area contributed by atoms with E-state index in [4.69, 9.17) is 0 Å². The van der Waals surface area contributed by atoms with Gasteiger partial charge in [0.2, 0.25) is 0 Å². The highest BCUT2D eigenvalue weighted by atomic mass is 19.1. The largest absolute Gasteiger partial charge is 0.389 e. The Bertz CT molecular complexity index is 300. The first-order valence-corrected chi connectivity index (χ1v) is 4.91. The maximum atomic E-state index is 13.5. The predicted octanol–water partition coefficient (Wildman–Crippen LogP) is 3.31. The number of hydrogen-bond acceptors (Lipinski definition) is 1. The van der Waals surface area contributed by atoms with Gasteiger partial charge in [0, 0.05) is 0 Å². The second-order valence-electron chi connectivity index (χ2n) is 4.06. The summed E-state index contributed by atoms with van der Waals surface area (Å²) in [5.41, 5.74) is 2.29. The number of aliphatic hydroxyl groups excluding tert-OH is 1. The van der Waals surface area contributed by atoms with Crippen molar-refractivity contribution in [2.75, 3.05) is 0 Å². The standard InChI is InChI=1S/C12H17FO/c1-7(2)10-6-11(9(4)14)8(3)5-12(10)13/h5-7,9,14H,1-4H3. The zero-order valence-electron chi connectivity index (χ0n) is 9.13. The molecule has 1 atom stereocenters. The van der Waals surface area contributed by atoms with E-state index in [1.165, 1.54) is 6.07 Å². The molecule has 1 aromatic rings. The molecule has 0 spiro atoms. The van der Waals surface area contributed by atoms with Gasteiger partial charge in [-0.15, -0.1) is 0 Å². The third kappa shape index (κ3) is 2.13. The molecule has 0 aliphatic heterocycles. The second kappa shape index (κ2) is 4.09. The number of benzene rings is 1. The van der Waals surface area contributed by atoms with Gasteiger partial charge in [-0.05, 0) is 48.6 Å². The van der Waals surface area contributed by atoms with Crippen LogP contribution in [0.3, 0.4) is 0 Å². The molecule has 0 heterocycles. The Balaban J connectivity index is 3.27. The fraction of sp³-hybridized carbons (Fsp3) is 0.500. The van der Waals surface area contributed by atoms with Crippen LogP contribution in [0, 0.1) is 12.7 Å². The summed E-state index contributed by atoms with van der Waals surface area (Å²) in [6, 6.07) is 3.26. The van der Waals surface area contributed by atoms with E-state index in [2.05, 4.69) is 0 Å². The first-order chi connectivity index (χ1) is 6.43. The van der Waals surface area contributed by atoms with Crippen LogP contribution in [0.15, 0.2) is 12.1 Å². The number of aryl methyl sites for hydroxylation is 1. The Hall–Kier alpha value is -0.890. The van der Waals surface area contributed by atoms with Crippen molar-refractivity contribution in [2.24, 2.45) is 0 Å². The van der Waals surface area contributed by atoms with Crippen molar-refractivity contribution in [3.05, 3.63) is 34.6 Å². The molecule has 1 N–H and O–H groups in total. The number of rotatable bonds is 2. The summed E-state index contributed by atoms with van der Waals surface area (Å²) in [4.78, 5) is 0. The first-order valence-electron chi connectivity index (χ1n) is 4.91. The zero-order valence-corrected chi connectivity index (χ0v) is 9.13. The van der Waals surface area contributed by atoms with Gasteiger partial charge in [0.1, 0.15) is 5.82 Å². The average molecular weight is 196 g/mol. The molecule has 78 valence electrons. The highest BCUT2D eigenvalue weighted by Gasteiger charge is 2.12. The topological polar surface area (TPSA) is 20.2 Å². The van der Waals surface area contributed by atoms with Crippen molar-refractivity contribution in [3.63, 3.8) is 0 Å². The number of aliphatic hydroxyl groups is 1. The monoisotopic (exact) mass is 196 g/mol. The molecule has 1 rings (SSSR count). The molecule has 0 saturated heterocycles. The lowest BCUT2D eigenvalue weighted by Gasteiger charge is -2.14. The van der Waals surface area contributed by atoms with Crippen molar-refractivity contribution < 1.29 is 9.50 Å². The highest BCUT2D eigenvalue weighted by molar-refractivity contribution is 5.35. The molecular formula is C12H17FO. The van der Waals surface area contributed by atoms with Crippen LogP contribution in [0.25, 0.3) is 0 Å². The van der Waals surface area contributed by atoms with Crippen LogP contribution in [-0.4, -0.2) is 5.11 Å². The third-order valence-corrected chi connectivity index (χ3v) is 2.46. The summed E-state index contributed by atoms with van der Waals surface area (Å²) in [7, 11) is 0. The molecule has 1 nitrogen and oxygen atoms in total. The number of hydrogen-bond donors (Lipinski definition) is 1. The molecule has 1 unspecified atom stereocenters. The minimum Gasteiger partial charge on any atom is -0.389 e. The Morgan fingerprint density at radius 2 is 1.71 bits per heavy atom. The van der Waals surface area contributed by atoms with Crippen molar-refractivity contribution in [2.45, 2.75) is 39.7 Å². The molecule has 2 heteroatoms. The van der Waals surface area contributed by atoms with Gasteiger partial charge in [0.05, 0.1) is 6.10 Å². The van der Waals surface area contributed by atoms with Crippen molar-refractivity contribution in [1.82, 2.24) is 0 Å². The van der Waals surface area contributed by atoms with E-state index in [0.717, 1.165) is 11.1 Å². The molecule has 0 fully saturated rings. The van der Waals surface area contributed by atoms with Crippen LogP contribution in [-0.2, 0) is 0 Å². The lowest BCUT2D eigenvalue weighted by molar-refractivity contribution is 0.198. The Morgan fingerprint density at radius 1 is 1.14 bits per heavy atom. The second-order valence-corrected chi connectivity index (χ2v) is 4.06. The maximum Gasteiger partial charge on any atom is 0.126 e. The molecule has 0 aromatic heterocycles. The van der Waals surface area contributed by atoms with E-state index >= 15 is 0 Å². The molecule has 0 saturated carbocycles. The quantitative estimate of drug-likeness (QED) is 0.769. The molecular weight excluding hydrogens is 179 g/mol. The molecule has 0 radical (unpaired) electrons. The summed E-state index contributed by atoms with van der Waals surface area (Å²) >= 11 is 0. The van der Waals surface area contributed by atoms with E-state index in [9.17, 15) is 9.50 Å². The Kier molecular flexibility index (Phi) is 3.27. The summed E-state index contributed by atoms with van der Waals surface area (Å²) in [5.74, 6) is -0.0324. The SMILES string of the molecule is Cc1cc(F)c(C(C)C)cc1C(C)O. The first kappa shape index (κ1) is 11.2. The average Bonchev–Trinajstić information content (AvgIpc) is 2.02. The summed E-state index contributed by atoms with van der Waals surface area (Å²) in [5, 5.41) is 9.48. The summed E-state index contributed by atoms with van der Waals surface area (Å²) in [6.07, 6.45) is -0.534. The summed E-state index contributed by atoms with van der Waals surface area (Å²) in [6.45, 7) is 7.40. The fourth-order valence-electron chi connectivity index (χ4n) is 1.60. The zero-order chi connectivity index (χ0) is 10.9. The van der Waals surface area contributed by atoms with Crippen molar-refractivity contribution in [3.8, 4) is 0 Å². The minimum atomic E-state index is -0.534. The van der Waals surface area contributed by atoms with E-state index in [0.29, 0.717) is 5.56 Å². The molecule has 0 bridgehead atoms. The van der Waals surface area contributed by atoms with Gasteiger partial charge in [-0.2, -0.15) is 0 Å². The lowest BCUT2D eigenvalue weighted by Crippen LogP contribution is -2.01. The molecule has 0 aliphatic rings. The molecule has 14 heavy (non-hydrogen) atoms. The van der Waals surface area contributed by atoms with Crippen LogP contribution in [0.5, 0.6) is 0 Å². The molecule has 0 aliphatic carbocycles. The number of halogens is 1. The van der Waals surface area contributed by atoms with Crippen LogP contribution in [0.2, 0.25) is 0 Å². The van der Waals surface area contributed by atoms with Crippen LogP contribution < -0.4 is 0 Å². The van der Waals surface area contributed by atoms with Gasteiger partial charge in [-0.1, -0.05) is 13.8 Å². The van der Waals surface area contributed by atoms with Crippen LogP contribution >= 0.6 is 0 Å². The minimum absolute atomic E-state index is 0.146. The normalized spacial score (nSPS) is 13.4. The van der Waals surface area contributed by atoms with Gasteiger partial charge in [0.15, 0.2) is 0 Å². The van der Waals surface area contributed by atoms with E-state index < -0.39 is 6.10 Å². The van der Waals surface area contributed by atoms with Gasteiger partial charge in [0.25, 0.3) is 0 Å². The fourth-order valence-corrected chi connectivity index (χ4v) is 1.60.